The fraction of sp³-hybridized carbons (Fsp3) is 0.846. The highest BCUT2D eigenvalue weighted by atomic mass is 16.3. The molecule has 92 valence electrons. The van der Waals surface area contributed by atoms with Crippen LogP contribution in [0.2, 0.25) is 0 Å². The van der Waals surface area contributed by atoms with E-state index in [9.17, 15) is 5.11 Å². The van der Waals surface area contributed by atoms with Crippen molar-refractivity contribution in [2.24, 2.45) is 0 Å². The monoisotopic (exact) mass is 224 g/mol. The SMILES string of the molecule is C#CCCCC(O)CC1CN(C)CCN1C. The predicted octanol–water partition coefficient (Wildman–Crippen LogP) is 0.787. The fourth-order valence-electron chi connectivity index (χ4n) is 2.23. The van der Waals surface area contributed by atoms with Crippen molar-refractivity contribution >= 4 is 0 Å². The lowest BCUT2D eigenvalue weighted by Gasteiger charge is -2.38. The Hall–Kier alpha value is -0.560. The summed E-state index contributed by atoms with van der Waals surface area (Å²) in [4.78, 5) is 4.68. The molecule has 0 spiro atoms. The molecule has 1 rings (SSSR count). The standard InChI is InChI=1S/C13H24N2O/c1-4-5-6-7-13(16)10-12-11-14(2)8-9-15(12)3/h1,12-13,16H,5-11H2,2-3H3. The highest BCUT2D eigenvalue weighted by Crippen LogP contribution is 2.14. The summed E-state index contributed by atoms with van der Waals surface area (Å²) in [5, 5.41) is 9.92. The van der Waals surface area contributed by atoms with Gasteiger partial charge in [0.05, 0.1) is 6.10 Å². The Morgan fingerprint density at radius 3 is 2.88 bits per heavy atom. The largest absolute Gasteiger partial charge is 0.393 e. The summed E-state index contributed by atoms with van der Waals surface area (Å²) in [6, 6.07) is 0.486. The lowest BCUT2D eigenvalue weighted by atomic mass is 10.0. The van der Waals surface area contributed by atoms with E-state index in [1.807, 2.05) is 0 Å². The van der Waals surface area contributed by atoms with Gasteiger partial charge in [0.2, 0.25) is 0 Å². The minimum absolute atomic E-state index is 0.202. The van der Waals surface area contributed by atoms with Crippen LogP contribution in [0.5, 0.6) is 0 Å². The Labute approximate surface area is 99.4 Å². The molecule has 0 aromatic rings. The van der Waals surface area contributed by atoms with Crippen LogP contribution in [0.25, 0.3) is 0 Å². The Kier molecular flexibility index (Phi) is 5.83. The van der Waals surface area contributed by atoms with Crippen molar-refractivity contribution in [1.29, 1.82) is 0 Å². The number of nitrogens with zero attached hydrogens (tertiary/aromatic N) is 2. The van der Waals surface area contributed by atoms with Crippen molar-refractivity contribution in [3.63, 3.8) is 0 Å². The third kappa shape index (κ3) is 4.52. The van der Waals surface area contributed by atoms with Gasteiger partial charge in [-0.2, -0.15) is 0 Å². The Balaban J connectivity index is 2.26. The molecule has 0 aromatic carbocycles. The predicted molar refractivity (Wildman–Crippen MR) is 67.2 cm³/mol. The van der Waals surface area contributed by atoms with Gasteiger partial charge < -0.3 is 14.9 Å². The average molecular weight is 224 g/mol. The van der Waals surface area contributed by atoms with Gasteiger partial charge in [0.25, 0.3) is 0 Å². The second kappa shape index (κ2) is 6.90. The minimum Gasteiger partial charge on any atom is -0.393 e. The lowest BCUT2D eigenvalue weighted by molar-refractivity contribution is 0.0599. The van der Waals surface area contributed by atoms with Crippen molar-refractivity contribution in [3.05, 3.63) is 0 Å². The van der Waals surface area contributed by atoms with Crippen LogP contribution < -0.4 is 0 Å². The molecule has 1 fully saturated rings. The first kappa shape index (κ1) is 13.5. The molecule has 1 aliphatic heterocycles. The van der Waals surface area contributed by atoms with Crippen LogP contribution in [0.4, 0.5) is 0 Å². The zero-order valence-corrected chi connectivity index (χ0v) is 10.5. The van der Waals surface area contributed by atoms with Crippen LogP contribution in [-0.2, 0) is 0 Å². The summed E-state index contributed by atoms with van der Waals surface area (Å²) in [6.45, 7) is 3.28. The molecule has 3 nitrogen and oxygen atoms in total. The summed E-state index contributed by atoms with van der Waals surface area (Å²) in [5.74, 6) is 2.61. The number of unbranched alkanes of at least 4 members (excludes halogenated alkanes) is 1. The van der Waals surface area contributed by atoms with Crippen LogP contribution in [0.3, 0.4) is 0 Å². The van der Waals surface area contributed by atoms with Crippen LogP contribution in [0.15, 0.2) is 0 Å². The summed E-state index contributed by atoms with van der Waals surface area (Å²) < 4.78 is 0. The molecule has 0 aromatic heterocycles. The average Bonchev–Trinajstić information content (AvgIpc) is 2.24. The lowest BCUT2D eigenvalue weighted by Crippen LogP contribution is -2.50. The maximum atomic E-state index is 9.92. The van der Waals surface area contributed by atoms with Crippen molar-refractivity contribution in [3.8, 4) is 12.3 Å². The van der Waals surface area contributed by atoms with E-state index in [1.165, 1.54) is 0 Å². The summed E-state index contributed by atoms with van der Waals surface area (Å²) in [7, 11) is 4.29. The Bertz CT molecular complexity index is 237. The number of hydrogen-bond acceptors (Lipinski definition) is 3. The molecule has 2 unspecified atom stereocenters. The number of piperazine rings is 1. The molecule has 0 aliphatic carbocycles. The van der Waals surface area contributed by atoms with Crippen LogP contribution in [-0.4, -0.2) is 60.8 Å². The molecule has 2 atom stereocenters. The zero-order valence-electron chi connectivity index (χ0n) is 10.5. The highest BCUT2D eigenvalue weighted by molar-refractivity contribution is 4.84. The smallest absolute Gasteiger partial charge is 0.0556 e. The number of aliphatic hydroxyl groups excluding tert-OH is 1. The van der Waals surface area contributed by atoms with E-state index < -0.39 is 0 Å². The van der Waals surface area contributed by atoms with Crippen LogP contribution in [0.1, 0.15) is 25.7 Å². The molecular formula is C13H24N2O. The molecule has 0 amide bonds. The number of terminal acetylenes is 1. The quantitative estimate of drug-likeness (QED) is 0.552. The van der Waals surface area contributed by atoms with Crippen molar-refractivity contribution < 1.29 is 5.11 Å². The van der Waals surface area contributed by atoms with E-state index in [2.05, 4.69) is 29.8 Å². The van der Waals surface area contributed by atoms with Gasteiger partial charge >= 0.3 is 0 Å². The molecular weight excluding hydrogens is 200 g/mol. The maximum absolute atomic E-state index is 9.92. The van der Waals surface area contributed by atoms with Gasteiger partial charge in [-0.25, -0.2) is 0 Å². The third-order valence-corrected chi connectivity index (χ3v) is 3.38. The summed E-state index contributed by atoms with van der Waals surface area (Å²) in [6.07, 6.45) is 8.40. The van der Waals surface area contributed by atoms with E-state index in [4.69, 9.17) is 6.42 Å². The van der Waals surface area contributed by atoms with Crippen LogP contribution >= 0.6 is 0 Å². The fourth-order valence-corrected chi connectivity index (χ4v) is 2.23. The molecule has 1 aliphatic rings. The van der Waals surface area contributed by atoms with Crippen molar-refractivity contribution in [2.45, 2.75) is 37.8 Å². The molecule has 0 radical (unpaired) electrons. The molecule has 0 bridgehead atoms. The van der Waals surface area contributed by atoms with Gasteiger partial charge in [-0.3, -0.25) is 0 Å². The van der Waals surface area contributed by atoms with E-state index in [-0.39, 0.29) is 6.10 Å². The summed E-state index contributed by atoms with van der Waals surface area (Å²) in [5.41, 5.74) is 0. The van der Waals surface area contributed by atoms with E-state index in [1.54, 1.807) is 0 Å². The minimum atomic E-state index is -0.202. The van der Waals surface area contributed by atoms with Gasteiger partial charge in [0.1, 0.15) is 0 Å². The second-order valence-electron chi connectivity index (χ2n) is 4.88. The van der Waals surface area contributed by atoms with Crippen LogP contribution in [0, 0.1) is 12.3 Å². The maximum Gasteiger partial charge on any atom is 0.0556 e. The van der Waals surface area contributed by atoms with E-state index in [0.29, 0.717) is 6.04 Å². The highest BCUT2D eigenvalue weighted by Gasteiger charge is 2.24. The third-order valence-electron chi connectivity index (χ3n) is 3.38. The first-order valence-corrected chi connectivity index (χ1v) is 6.13. The molecule has 16 heavy (non-hydrogen) atoms. The first-order chi connectivity index (χ1) is 7.63. The molecule has 0 saturated carbocycles. The Morgan fingerprint density at radius 1 is 1.44 bits per heavy atom. The normalized spacial score (nSPS) is 25.2. The van der Waals surface area contributed by atoms with Gasteiger partial charge in [0, 0.05) is 32.1 Å². The molecule has 1 saturated heterocycles. The second-order valence-corrected chi connectivity index (χ2v) is 4.88. The first-order valence-electron chi connectivity index (χ1n) is 6.13. The van der Waals surface area contributed by atoms with E-state index >= 15 is 0 Å². The van der Waals surface area contributed by atoms with E-state index in [0.717, 1.165) is 45.3 Å². The Morgan fingerprint density at radius 2 is 2.19 bits per heavy atom. The van der Waals surface area contributed by atoms with Gasteiger partial charge in [-0.15, -0.1) is 12.3 Å². The number of likely N-dealkylation sites (N-methyl/N-ethyl adjacent to an activating group) is 2. The van der Waals surface area contributed by atoms with Gasteiger partial charge in [0.15, 0.2) is 0 Å². The topological polar surface area (TPSA) is 26.7 Å². The van der Waals surface area contributed by atoms with Crippen molar-refractivity contribution in [2.75, 3.05) is 33.7 Å². The number of aliphatic hydroxyl groups is 1. The number of rotatable bonds is 5. The summed E-state index contributed by atoms with van der Waals surface area (Å²) >= 11 is 0. The van der Waals surface area contributed by atoms with Gasteiger partial charge in [-0.05, 0) is 33.4 Å². The van der Waals surface area contributed by atoms with Gasteiger partial charge in [-0.1, -0.05) is 0 Å². The molecule has 1 heterocycles. The molecule has 1 N–H and O–H groups in total. The van der Waals surface area contributed by atoms with Crippen molar-refractivity contribution in [1.82, 2.24) is 9.80 Å². The zero-order chi connectivity index (χ0) is 12.0. The molecule has 3 heteroatoms. The number of hydrogen-bond donors (Lipinski definition) is 1.